The van der Waals surface area contributed by atoms with Crippen molar-refractivity contribution in [2.45, 2.75) is 6.42 Å². The molecule has 0 aliphatic heterocycles. The quantitative estimate of drug-likeness (QED) is 0.428. The van der Waals surface area contributed by atoms with Crippen molar-refractivity contribution < 1.29 is 9.21 Å². The SMILES string of the molecule is Cn1cc(-c2ccc3cnc(CC(=O)c4cccc5ccoc45)cc3c2)cn1. The van der Waals surface area contributed by atoms with E-state index in [1.807, 2.05) is 56.0 Å². The number of carbonyl (C=O) groups excluding carboxylic acids is 1. The molecule has 0 unspecified atom stereocenters. The van der Waals surface area contributed by atoms with Crippen LogP contribution in [0.2, 0.25) is 0 Å². The van der Waals surface area contributed by atoms with Gasteiger partial charge >= 0.3 is 0 Å². The normalized spacial score (nSPS) is 11.3. The van der Waals surface area contributed by atoms with Crippen molar-refractivity contribution in [2.24, 2.45) is 7.05 Å². The van der Waals surface area contributed by atoms with Crippen LogP contribution in [0.4, 0.5) is 0 Å². The lowest BCUT2D eigenvalue weighted by atomic mass is 10.0. The Bertz CT molecular complexity index is 1330. The standard InChI is InChI=1S/C23H17N3O2/c1-26-14-19(13-25-26)16-5-6-17-12-24-20(10-18(17)9-16)11-22(27)21-4-2-3-15-7-8-28-23(15)21/h2-10,12-14H,11H2,1H3. The van der Waals surface area contributed by atoms with Crippen molar-refractivity contribution in [1.82, 2.24) is 14.8 Å². The fraction of sp³-hybridized carbons (Fsp3) is 0.0870. The van der Waals surface area contributed by atoms with Crippen molar-refractivity contribution in [3.63, 3.8) is 0 Å². The Morgan fingerprint density at radius 1 is 1.00 bits per heavy atom. The number of carbonyl (C=O) groups is 1. The number of hydrogen-bond donors (Lipinski definition) is 0. The lowest BCUT2D eigenvalue weighted by molar-refractivity contribution is 0.0992. The summed E-state index contributed by atoms with van der Waals surface area (Å²) in [6, 6.07) is 15.7. The average Bonchev–Trinajstić information content (AvgIpc) is 3.36. The van der Waals surface area contributed by atoms with Gasteiger partial charge in [0, 0.05) is 41.5 Å². The van der Waals surface area contributed by atoms with Gasteiger partial charge in [0.15, 0.2) is 5.78 Å². The Morgan fingerprint density at radius 2 is 1.93 bits per heavy atom. The summed E-state index contributed by atoms with van der Waals surface area (Å²) in [4.78, 5) is 17.3. The monoisotopic (exact) mass is 367 g/mol. The van der Waals surface area contributed by atoms with E-state index in [9.17, 15) is 4.79 Å². The first-order valence-electron chi connectivity index (χ1n) is 9.04. The van der Waals surface area contributed by atoms with Crippen LogP contribution in [0.25, 0.3) is 32.9 Å². The highest BCUT2D eigenvalue weighted by molar-refractivity contribution is 6.07. The van der Waals surface area contributed by atoms with E-state index in [4.69, 9.17) is 4.42 Å². The van der Waals surface area contributed by atoms with Gasteiger partial charge in [0.05, 0.1) is 24.4 Å². The zero-order valence-electron chi connectivity index (χ0n) is 15.3. The molecule has 0 amide bonds. The van der Waals surface area contributed by atoms with Gasteiger partial charge < -0.3 is 4.42 Å². The second kappa shape index (κ2) is 6.46. The molecular formula is C23H17N3O2. The number of furan rings is 1. The van der Waals surface area contributed by atoms with E-state index < -0.39 is 0 Å². The maximum absolute atomic E-state index is 12.8. The second-order valence-corrected chi connectivity index (χ2v) is 6.88. The molecule has 2 aromatic carbocycles. The molecule has 3 heterocycles. The van der Waals surface area contributed by atoms with Gasteiger partial charge in [-0.2, -0.15) is 5.10 Å². The van der Waals surface area contributed by atoms with Gasteiger partial charge in [0.25, 0.3) is 0 Å². The van der Waals surface area contributed by atoms with Crippen LogP contribution in [0, 0.1) is 0 Å². The van der Waals surface area contributed by atoms with E-state index in [-0.39, 0.29) is 12.2 Å². The molecule has 0 radical (unpaired) electrons. The van der Waals surface area contributed by atoms with Crippen LogP contribution in [0.15, 0.2) is 77.8 Å². The fourth-order valence-electron chi connectivity index (χ4n) is 3.51. The Hall–Kier alpha value is -3.73. The number of aryl methyl sites for hydroxylation is 1. The van der Waals surface area contributed by atoms with Gasteiger partial charge in [-0.1, -0.05) is 24.3 Å². The Balaban J connectivity index is 1.49. The van der Waals surface area contributed by atoms with Crippen molar-refractivity contribution >= 4 is 27.5 Å². The summed E-state index contributed by atoms with van der Waals surface area (Å²) in [6.07, 6.45) is 7.48. The molecule has 0 saturated heterocycles. The number of pyridine rings is 1. The summed E-state index contributed by atoms with van der Waals surface area (Å²) < 4.78 is 7.28. The molecule has 0 saturated carbocycles. The molecule has 0 bridgehead atoms. The lowest BCUT2D eigenvalue weighted by Crippen LogP contribution is -2.05. The van der Waals surface area contributed by atoms with Crippen molar-refractivity contribution in [1.29, 1.82) is 0 Å². The van der Waals surface area contributed by atoms with E-state index in [0.717, 1.165) is 33.0 Å². The molecule has 28 heavy (non-hydrogen) atoms. The minimum Gasteiger partial charge on any atom is -0.464 e. The predicted molar refractivity (Wildman–Crippen MR) is 108 cm³/mol. The van der Waals surface area contributed by atoms with E-state index >= 15 is 0 Å². The van der Waals surface area contributed by atoms with E-state index in [1.54, 1.807) is 17.0 Å². The van der Waals surface area contributed by atoms with Crippen LogP contribution in [-0.4, -0.2) is 20.5 Å². The van der Waals surface area contributed by atoms with Crippen LogP contribution < -0.4 is 0 Å². The van der Waals surface area contributed by atoms with Gasteiger partial charge in [-0.3, -0.25) is 14.5 Å². The minimum atomic E-state index is -0.00388. The summed E-state index contributed by atoms with van der Waals surface area (Å²) in [5.41, 5.74) is 4.11. The van der Waals surface area contributed by atoms with Gasteiger partial charge in [0.2, 0.25) is 0 Å². The average molecular weight is 367 g/mol. The first kappa shape index (κ1) is 16.4. The maximum Gasteiger partial charge on any atom is 0.172 e. The molecule has 0 spiro atoms. The highest BCUT2D eigenvalue weighted by atomic mass is 16.3. The zero-order valence-corrected chi connectivity index (χ0v) is 15.3. The summed E-state index contributed by atoms with van der Waals surface area (Å²) in [6.45, 7) is 0. The number of ketones is 1. The van der Waals surface area contributed by atoms with E-state index in [1.165, 1.54) is 0 Å². The molecular weight excluding hydrogens is 350 g/mol. The molecule has 5 heteroatoms. The molecule has 0 aliphatic carbocycles. The van der Waals surface area contributed by atoms with Crippen molar-refractivity contribution in [2.75, 3.05) is 0 Å². The Labute approximate surface area is 161 Å². The Morgan fingerprint density at radius 3 is 2.79 bits per heavy atom. The smallest absolute Gasteiger partial charge is 0.172 e. The van der Waals surface area contributed by atoms with Crippen LogP contribution in [-0.2, 0) is 13.5 Å². The van der Waals surface area contributed by atoms with Gasteiger partial charge in [-0.05, 0) is 35.2 Å². The lowest BCUT2D eigenvalue weighted by Gasteiger charge is -2.05. The highest BCUT2D eigenvalue weighted by Crippen LogP contribution is 2.25. The van der Waals surface area contributed by atoms with Crippen LogP contribution >= 0.6 is 0 Å². The number of benzene rings is 2. The summed E-state index contributed by atoms with van der Waals surface area (Å²) in [7, 11) is 1.90. The van der Waals surface area contributed by atoms with Gasteiger partial charge in [-0.15, -0.1) is 0 Å². The third kappa shape index (κ3) is 2.87. The van der Waals surface area contributed by atoms with E-state index in [0.29, 0.717) is 11.1 Å². The fourth-order valence-corrected chi connectivity index (χ4v) is 3.51. The number of nitrogens with zero attached hydrogens (tertiary/aromatic N) is 3. The minimum absolute atomic E-state index is 0.00388. The summed E-state index contributed by atoms with van der Waals surface area (Å²) in [5.74, 6) is -0.00388. The number of rotatable bonds is 4. The predicted octanol–water partition coefficient (Wildman–Crippen LogP) is 4.81. The molecule has 136 valence electrons. The molecule has 5 rings (SSSR count). The molecule has 0 aliphatic rings. The number of hydrogen-bond acceptors (Lipinski definition) is 4. The van der Waals surface area contributed by atoms with Crippen LogP contribution in [0.3, 0.4) is 0 Å². The van der Waals surface area contributed by atoms with Gasteiger partial charge in [-0.25, -0.2) is 0 Å². The van der Waals surface area contributed by atoms with Crippen LogP contribution in [0.1, 0.15) is 16.1 Å². The number of Topliss-reactive ketones (excluding diaryl/α,β-unsaturated/α-hetero) is 1. The van der Waals surface area contributed by atoms with E-state index in [2.05, 4.69) is 22.2 Å². The maximum atomic E-state index is 12.8. The topological polar surface area (TPSA) is 60.9 Å². The highest BCUT2D eigenvalue weighted by Gasteiger charge is 2.14. The summed E-state index contributed by atoms with van der Waals surface area (Å²) in [5, 5.41) is 7.25. The van der Waals surface area contributed by atoms with Crippen molar-refractivity contribution in [3.05, 3.63) is 84.6 Å². The first-order chi connectivity index (χ1) is 13.7. The Kier molecular flexibility index (Phi) is 3.79. The first-order valence-corrected chi connectivity index (χ1v) is 9.04. The molecule has 5 aromatic rings. The third-order valence-electron chi connectivity index (χ3n) is 4.94. The largest absolute Gasteiger partial charge is 0.464 e. The molecule has 0 fully saturated rings. The summed E-state index contributed by atoms with van der Waals surface area (Å²) >= 11 is 0. The van der Waals surface area contributed by atoms with Crippen LogP contribution in [0.5, 0.6) is 0 Å². The van der Waals surface area contributed by atoms with Crippen molar-refractivity contribution in [3.8, 4) is 11.1 Å². The zero-order chi connectivity index (χ0) is 19.1. The second-order valence-electron chi connectivity index (χ2n) is 6.88. The number of aromatic nitrogens is 3. The number of para-hydroxylation sites is 1. The number of fused-ring (bicyclic) bond motifs is 2. The molecule has 0 N–H and O–H groups in total. The molecule has 0 atom stereocenters. The molecule has 3 aromatic heterocycles. The third-order valence-corrected chi connectivity index (χ3v) is 4.94. The molecule has 5 nitrogen and oxygen atoms in total. The van der Waals surface area contributed by atoms with Gasteiger partial charge in [0.1, 0.15) is 5.58 Å².